The van der Waals surface area contributed by atoms with Crippen molar-refractivity contribution in [2.45, 2.75) is 0 Å². The predicted molar refractivity (Wildman–Crippen MR) is 255 cm³/mol. The van der Waals surface area contributed by atoms with Gasteiger partial charge in [0.25, 0.3) is 0 Å². The molecule has 0 atom stereocenters. The maximum atomic E-state index is 2.39. The Kier molecular flexibility index (Phi) is 8.87. The molecule has 1 aromatic heterocycles. The average molecular weight is 765 g/mol. The molecule has 0 saturated carbocycles. The minimum absolute atomic E-state index is 1.09. The van der Waals surface area contributed by atoms with Crippen LogP contribution in [0.5, 0.6) is 0 Å². The summed E-state index contributed by atoms with van der Waals surface area (Å²) in [5, 5.41) is 5.01. The average Bonchev–Trinajstić information content (AvgIpc) is 3.67. The molecule has 60 heavy (non-hydrogen) atoms. The number of nitrogens with zero attached hydrogens (tertiary/aromatic N) is 2. The van der Waals surface area contributed by atoms with Crippen molar-refractivity contribution >= 4 is 49.6 Å². The Labute approximate surface area is 350 Å². The van der Waals surface area contributed by atoms with Gasteiger partial charge in [-0.15, -0.1) is 0 Å². The first-order chi connectivity index (χ1) is 29.7. The maximum Gasteiger partial charge on any atom is 0.0541 e. The molecule has 0 N–H and O–H groups in total. The van der Waals surface area contributed by atoms with Crippen LogP contribution in [0.15, 0.2) is 243 Å². The molecular weight excluding hydrogens is 725 g/mol. The molecule has 0 aliphatic rings. The van der Waals surface area contributed by atoms with E-state index in [1.54, 1.807) is 0 Å². The Morgan fingerprint density at radius 1 is 0.267 bits per heavy atom. The Morgan fingerprint density at radius 3 is 1.28 bits per heavy atom. The summed E-state index contributed by atoms with van der Waals surface area (Å²) in [6, 6.07) is 87.9. The van der Waals surface area contributed by atoms with Gasteiger partial charge >= 0.3 is 0 Å². The van der Waals surface area contributed by atoms with Crippen molar-refractivity contribution in [3.63, 3.8) is 0 Å². The van der Waals surface area contributed by atoms with E-state index in [0.29, 0.717) is 0 Å². The van der Waals surface area contributed by atoms with E-state index in [0.717, 1.165) is 22.7 Å². The summed E-state index contributed by atoms with van der Waals surface area (Å²) >= 11 is 0. The Morgan fingerprint density at radius 2 is 0.700 bits per heavy atom. The van der Waals surface area contributed by atoms with E-state index in [1.165, 1.54) is 77.1 Å². The van der Waals surface area contributed by atoms with Crippen LogP contribution in [0.25, 0.3) is 82.8 Å². The summed E-state index contributed by atoms with van der Waals surface area (Å²) < 4.78 is 2.37. The van der Waals surface area contributed by atoms with Crippen molar-refractivity contribution in [2.24, 2.45) is 0 Å². The minimum atomic E-state index is 1.09. The van der Waals surface area contributed by atoms with Gasteiger partial charge in [-0.25, -0.2) is 0 Å². The van der Waals surface area contributed by atoms with Gasteiger partial charge in [-0.3, -0.25) is 0 Å². The molecule has 11 aromatic rings. The van der Waals surface area contributed by atoms with Crippen molar-refractivity contribution in [1.29, 1.82) is 0 Å². The van der Waals surface area contributed by atoms with Crippen LogP contribution in [0.3, 0.4) is 0 Å². The largest absolute Gasteiger partial charge is 0.310 e. The molecule has 10 aromatic carbocycles. The zero-order valence-corrected chi connectivity index (χ0v) is 33.0. The summed E-state index contributed by atoms with van der Waals surface area (Å²) in [4.78, 5) is 2.39. The highest BCUT2D eigenvalue weighted by atomic mass is 15.1. The molecule has 2 nitrogen and oxygen atoms in total. The van der Waals surface area contributed by atoms with Crippen molar-refractivity contribution in [1.82, 2.24) is 4.57 Å². The number of hydrogen-bond donors (Lipinski definition) is 0. The van der Waals surface area contributed by atoms with Crippen molar-refractivity contribution in [3.8, 4) is 50.2 Å². The van der Waals surface area contributed by atoms with Crippen LogP contribution < -0.4 is 4.90 Å². The summed E-state index contributed by atoms with van der Waals surface area (Å²) in [6.07, 6.45) is 0. The lowest BCUT2D eigenvalue weighted by Gasteiger charge is -2.27. The zero-order valence-electron chi connectivity index (χ0n) is 33.0. The van der Waals surface area contributed by atoms with Gasteiger partial charge in [0.05, 0.1) is 11.0 Å². The summed E-state index contributed by atoms with van der Waals surface area (Å²) in [6.45, 7) is 0. The Bertz CT molecular complexity index is 3210. The molecule has 282 valence electrons. The fraction of sp³-hybridized carbons (Fsp3) is 0. The van der Waals surface area contributed by atoms with Crippen LogP contribution in [0.2, 0.25) is 0 Å². The molecule has 0 aliphatic carbocycles. The highest BCUT2D eigenvalue weighted by Crippen LogP contribution is 2.42. The molecule has 0 bridgehead atoms. The molecule has 0 unspecified atom stereocenters. The van der Waals surface area contributed by atoms with E-state index < -0.39 is 0 Å². The van der Waals surface area contributed by atoms with Crippen LogP contribution in [-0.2, 0) is 0 Å². The fourth-order valence-corrected chi connectivity index (χ4v) is 8.86. The summed E-state index contributed by atoms with van der Waals surface area (Å²) in [7, 11) is 0. The molecule has 0 radical (unpaired) electrons. The number of para-hydroxylation sites is 2. The Balaban J connectivity index is 1.02. The molecule has 0 amide bonds. The second kappa shape index (κ2) is 15.1. The van der Waals surface area contributed by atoms with Gasteiger partial charge in [0.1, 0.15) is 0 Å². The van der Waals surface area contributed by atoms with Gasteiger partial charge in [0.2, 0.25) is 0 Å². The van der Waals surface area contributed by atoms with E-state index in [9.17, 15) is 0 Å². The topological polar surface area (TPSA) is 8.17 Å². The monoisotopic (exact) mass is 764 g/mol. The molecule has 11 rings (SSSR count). The molecule has 0 aliphatic heterocycles. The van der Waals surface area contributed by atoms with E-state index >= 15 is 0 Å². The Hall–Kier alpha value is -7.94. The van der Waals surface area contributed by atoms with Gasteiger partial charge in [-0.05, 0) is 122 Å². The molecule has 2 heteroatoms. The first kappa shape index (κ1) is 35.2. The third-order valence-electron chi connectivity index (χ3n) is 11.8. The lowest BCUT2D eigenvalue weighted by Crippen LogP contribution is -2.10. The molecule has 1 heterocycles. The van der Waals surface area contributed by atoms with Crippen LogP contribution >= 0.6 is 0 Å². The highest BCUT2D eigenvalue weighted by Gasteiger charge is 2.18. The van der Waals surface area contributed by atoms with Gasteiger partial charge in [0, 0.05) is 33.5 Å². The van der Waals surface area contributed by atoms with Crippen LogP contribution in [-0.4, -0.2) is 4.57 Å². The highest BCUT2D eigenvalue weighted by molar-refractivity contribution is 6.09. The van der Waals surface area contributed by atoms with Crippen molar-refractivity contribution in [3.05, 3.63) is 243 Å². The lowest BCUT2D eigenvalue weighted by atomic mass is 9.94. The molecule has 0 saturated heterocycles. The van der Waals surface area contributed by atoms with Gasteiger partial charge in [-0.1, -0.05) is 176 Å². The zero-order chi connectivity index (χ0) is 39.8. The number of fused-ring (bicyclic) bond motifs is 4. The molecule has 0 spiro atoms. The third-order valence-corrected chi connectivity index (χ3v) is 11.8. The van der Waals surface area contributed by atoms with E-state index in [2.05, 4.69) is 252 Å². The number of hydrogen-bond acceptors (Lipinski definition) is 1. The lowest BCUT2D eigenvalue weighted by molar-refractivity contribution is 1.18. The number of rotatable bonds is 8. The number of benzene rings is 10. The van der Waals surface area contributed by atoms with E-state index in [-0.39, 0.29) is 0 Å². The summed E-state index contributed by atoms with van der Waals surface area (Å²) in [5.74, 6) is 0. The SMILES string of the molecule is c1ccc(-c2ccc(N(c3ccc(-c4ccc(-n5c6ccccc6c6ccccc65)cc4)cc3)c3cc(-c4ccccc4)cc(-c4cccc5ccccc45)c3)cc2)cc1. The molecule has 0 fully saturated rings. The van der Waals surface area contributed by atoms with Crippen LogP contribution in [0.4, 0.5) is 17.1 Å². The minimum Gasteiger partial charge on any atom is -0.310 e. The van der Waals surface area contributed by atoms with Crippen molar-refractivity contribution in [2.75, 3.05) is 4.90 Å². The number of anilines is 3. The van der Waals surface area contributed by atoms with Crippen LogP contribution in [0.1, 0.15) is 0 Å². The smallest absolute Gasteiger partial charge is 0.0541 e. The van der Waals surface area contributed by atoms with E-state index in [4.69, 9.17) is 0 Å². The third kappa shape index (κ3) is 6.41. The predicted octanol–water partition coefficient (Wildman–Crippen LogP) is 16.1. The molecular formula is C58H40N2. The summed E-state index contributed by atoms with van der Waals surface area (Å²) in [5.41, 5.74) is 16.3. The van der Waals surface area contributed by atoms with Gasteiger partial charge in [-0.2, -0.15) is 0 Å². The number of aromatic nitrogens is 1. The normalized spacial score (nSPS) is 11.3. The fourth-order valence-electron chi connectivity index (χ4n) is 8.86. The first-order valence-electron chi connectivity index (χ1n) is 20.6. The standard InChI is InChI=1S/C58H40N2/c1-3-14-41(15-4-1)43-26-32-49(33-27-43)59(52-39-47(42-16-5-2-6-17-42)38-48(40-52)54-23-13-19-46-18-7-8-20-53(46)54)50-34-28-44(29-35-50)45-30-36-51(37-31-45)60-57-24-11-9-21-55(57)56-22-10-12-25-58(56)60/h1-40H. The first-order valence-corrected chi connectivity index (χ1v) is 20.6. The quantitative estimate of drug-likeness (QED) is 0.150. The second-order valence-electron chi connectivity index (χ2n) is 15.4. The van der Waals surface area contributed by atoms with Gasteiger partial charge in [0.15, 0.2) is 0 Å². The van der Waals surface area contributed by atoms with E-state index in [1.807, 2.05) is 0 Å². The van der Waals surface area contributed by atoms with Crippen LogP contribution in [0, 0.1) is 0 Å². The second-order valence-corrected chi connectivity index (χ2v) is 15.4. The van der Waals surface area contributed by atoms with Crippen molar-refractivity contribution < 1.29 is 0 Å². The van der Waals surface area contributed by atoms with Gasteiger partial charge < -0.3 is 9.47 Å². The maximum absolute atomic E-state index is 2.39.